The van der Waals surface area contributed by atoms with Crippen molar-refractivity contribution < 1.29 is 9.26 Å². The maximum Gasteiger partial charge on any atom is 0.193 e. The first-order valence-corrected chi connectivity index (χ1v) is 5.42. The number of anilines is 1. The molecule has 4 heteroatoms. The van der Waals surface area contributed by atoms with Crippen LogP contribution in [-0.2, 0) is 0 Å². The fourth-order valence-corrected chi connectivity index (χ4v) is 1.96. The van der Waals surface area contributed by atoms with Gasteiger partial charge in [0.15, 0.2) is 5.76 Å². The molecule has 0 radical (unpaired) electrons. The number of nitrogen functional groups attached to an aromatic ring is 1. The molecule has 0 aliphatic carbocycles. The van der Waals surface area contributed by atoms with Crippen LogP contribution in [0.3, 0.4) is 0 Å². The van der Waals surface area contributed by atoms with E-state index in [1.807, 2.05) is 26.8 Å². The lowest BCUT2D eigenvalue weighted by Gasteiger charge is -2.11. The summed E-state index contributed by atoms with van der Waals surface area (Å²) in [5, 5.41) is 3.87. The van der Waals surface area contributed by atoms with Gasteiger partial charge < -0.3 is 15.0 Å². The molecular formula is C13H16N2O2. The second kappa shape index (κ2) is 4.13. The van der Waals surface area contributed by atoms with Gasteiger partial charge in [-0.25, -0.2) is 0 Å². The van der Waals surface area contributed by atoms with Crippen LogP contribution in [0.25, 0.3) is 11.3 Å². The molecule has 0 spiro atoms. The predicted molar refractivity (Wildman–Crippen MR) is 67.1 cm³/mol. The van der Waals surface area contributed by atoms with Gasteiger partial charge in [-0.15, -0.1) is 0 Å². The van der Waals surface area contributed by atoms with Crippen molar-refractivity contribution in [2.24, 2.45) is 0 Å². The number of aryl methyl sites for hydroxylation is 3. The number of benzene rings is 1. The second-order valence-electron chi connectivity index (χ2n) is 4.17. The summed E-state index contributed by atoms with van der Waals surface area (Å²) in [7, 11) is 1.64. The van der Waals surface area contributed by atoms with Crippen molar-refractivity contribution in [3.8, 4) is 17.1 Å². The smallest absolute Gasteiger partial charge is 0.193 e. The van der Waals surface area contributed by atoms with Crippen molar-refractivity contribution >= 4 is 5.69 Å². The maximum absolute atomic E-state index is 5.95. The molecule has 0 aliphatic rings. The molecule has 1 aromatic carbocycles. The first kappa shape index (κ1) is 11.5. The Hall–Kier alpha value is -1.97. The van der Waals surface area contributed by atoms with E-state index in [0.717, 1.165) is 22.4 Å². The van der Waals surface area contributed by atoms with Gasteiger partial charge in [-0.2, -0.15) is 0 Å². The van der Waals surface area contributed by atoms with Gasteiger partial charge in [-0.1, -0.05) is 11.2 Å². The molecule has 2 N–H and O–H groups in total. The van der Waals surface area contributed by atoms with Gasteiger partial charge in [0.2, 0.25) is 0 Å². The summed E-state index contributed by atoms with van der Waals surface area (Å²) >= 11 is 0. The van der Waals surface area contributed by atoms with E-state index in [1.165, 1.54) is 0 Å². The number of methoxy groups -OCH3 is 1. The van der Waals surface area contributed by atoms with Crippen LogP contribution in [0.5, 0.6) is 5.75 Å². The highest BCUT2D eigenvalue weighted by Crippen LogP contribution is 2.37. The molecule has 90 valence electrons. The van der Waals surface area contributed by atoms with Crippen molar-refractivity contribution in [1.82, 2.24) is 5.16 Å². The summed E-state index contributed by atoms with van der Waals surface area (Å²) in [6.07, 6.45) is 0. The topological polar surface area (TPSA) is 61.3 Å². The number of hydrogen-bond donors (Lipinski definition) is 1. The highest BCUT2D eigenvalue weighted by atomic mass is 16.5. The lowest BCUT2D eigenvalue weighted by molar-refractivity contribution is 0.402. The normalized spacial score (nSPS) is 10.6. The van der Waals surface area contributed by atoms with Gasteiger partial charge in [0.1, 0.15) is 17.1 Å². The average Bonchev–Trinajstić information content (AvgIpc) is 2.59. The standard InChI is InChI=1S/C13H16N2O2/c1-7-5-8(2)12(16-4)10(6-7)13-11(14)9(3)15-17-13/h5-6H,14H2,1-4H3. The third kappa shape index (κ3) is 1.86. The molecule has 0 unspecified atom stereocenters. The summed E-state index contributed by atoms with van der Waals surface area (Å²) in [5.41, 5.74) is 10.2. The van der Waals surface area contributed by atoms with E-state index in [4.69, 9.17) is 15.0 Å². The highest BCUT2D eigenvalue weighted by Gasteiger charge is 2.18. The molecule has 4 nitrogen and oxygen atoms in total. The zero-order valence-electron chi connectivity index (χ0n) is 10.5. The molecule has 0 amide bonds. The van der Waals surface area contributed by atoms with Crippen LogP contribution in [-0.4, -0.2) is 12.3 Å². The Morgan fingerprint density at radius 1 is 1.24 bits per heavy atom. The lowest BCUT2D eigenvalue weighted by atomic mass is 10.0. The molecule has 0 bridgehead atoms. The third-order valence-corrected chi connectivity index (χ3v) is 2.78. The van der Waals surface area contributed by atoms with E-state index in [9.17, 15) is 0 Å². The lowest BCUT2D eigenvalue weighted by Crippen LogP contribution is -1.94. The first-order chi connectivity index (χ1) is 8.04. The highest BCUT2D eigenvalue weighted by molar-refractivity contribution is 5.78. The molecule has 0 saturated carbocycles. The molecule has 0 fully saturated rings. The Morgan fingerprint density at radius 3 is 2.47 bits per heavy atom. The maximum atomic E-state index is 5.95. The van der Waals surface area contributed by atoms with E-state index in [-0.39, 0.29) is 0 Å². The molecule has 0 aliphatic heterocycles. The quantitative estimate of drug-likeness (QED) is 0.864. The summed E-state index contributed by atoms with van der Waals surface area (Å²) in [6, 6.07) is 4.05. The Bertz CT molecular complexity index is 559. The summed E-state index contributed by atoms with van der Waals surface area (Å²) in [4.78, 5) is 0. The van der Waals surface area contributed by atoms with Crippen molar-refractivity contribution in [3.05, 3.63) is 29.0 Å². The van der Waals surface area contributed by atoms with Gasteiger partial charge >= 0.3 is 0 Å². The van der Waals surface area contributed by atoms with Crippen molar-refractivity contribution in [2.45, 2.75) is 20.8 Å². The zero-order chi connectivity index (χ0) is 12.6. The van der Waals surface area contributed by atoms with Crippen LogP contribution in [0.4, 0.5) is 5.69 Å². The van der Waals surface area contributed by atoms with E-state index in [1.54, 1.807) is 7.11 Å². The molecule has 0 saturated heterocycles. The Labute approximate surface area is 100 Å². The Balaban J connectivity index is 2.70. The van der Waals surface area contributed by atoms with Crippen LogP contribution in [0.15, 0.2) is 16.7 Å². The van der Waals surface area contributed by atoms with E-state index < -0.39 is 0 Å². The van der Waals surface area contributed by atoms with Crippen molar-refractivity contribution in [2.75, 3.05) is 12.8 Å². The number of nitrogens with two attached hydrogens (primary N) is 1. The largest absolute Gasteiger partial charge is 0.496 e. The fourth-order valence-electron chi connectivity index (χ4n) is 1.96. The van der Waals surface area contributed by atoms with Crippen LogP contribution < -0.4 is 10.5 Å². The molecule has 2 rings (SSSR count). The van der Waals surface area contributed by atoms with Gasteiger partial charge in [0, 0.05) is 0 Å². The monoisotopic (exact) mass is 232 g/mol. The second-order valence-corrected chi connectivity index (χ2v) is 4.17. The Kier molecular flexibility index (Phi) is 2.79. The summed E-state index contributed by atoms with van der Waals surface area (Å²) in [6.45, 7) is 5.83. The minimum Gasteiger partial charge on any atom is -0.496 e. The van der Waals surface area contributed by atoms with E-state index in [2.05, 4.69) is 11.2 Å². The number of ether oxygens (including phenoxy) is 1. The predicted octanol–water partition coefficient (Wildman–Crippen LogP) is 2.86. The molecule has 1 heterocycles. The molecule has 1 aromatic heterocycles. The molecular weight excluding hydrogens is 216 g/mol. The zero-order valence-corrected chi connectivity index (χ0v) is 10.5. The van der Waals surface area contributed by atoms with Crippen LogP contribution in [0.1, 0.15) is 16.8 Å². The average molecular weight is 232 g/mol. The number of rotatable bonds is 2. The van der Waals surface area contributed by atoms with Gasteiger partial charge in [-0.05, 0) is 38.0 Å². The minimum atomic E-state index is 0.563. The van der Waals surface area contributed by atoms with Gasteiger partial charge in [0.05, 0.1) is 12.7 Å². The van der Waals surface area contributed by atoms with Gasteiger partial charge in [-0.3, -0.25) is 0 Å². The van der Waals surface area contributed by atoms with Crippen molar-refractivity contribution in [1.29, 1.82) is 0 Å². The van der Waals surface area contributed by atoms with Crippen molar-refractivity contribution in [3.63, 3.8) is 0 Å². The molecule has 2 aromatic rings. The summed E-state index contributed by atoms with van der Waals surface area (Å²) in [5.74, 6) is 1.35. The third-order valence-electron chi connectivity index (χ3n) is 2.78. The minimum absolute atomic E-state index is 0.563. The Morgan fingerprint density at radius 2 is 1.94 bits per heavy atom. The fraction of sp³-hybridized carbons (Fsp3) is 0.308. The number of aromatic nitrogens is 1. The molecule has 0 atom stereocenters. The van der Waals surface area contributed by atoms with E-state index >= 15 is 0 Å². The van der Waals surface area contributed by atoms with E-state index in [0.29, 0.717) is 17.1 Å². The first-order valence-electron chi connectivity index (χ1n) is 5.42. The number of nitrogens with zero attached hydrogens (tertiary/aromatic N) is 1. The molecule has 17 heavy (non-hydrogen) atoms. The SMILES string of the molecule is COc1c(C)cc(C)cc1-c1onc(C)c1N. The van der Waals surface area contributed by atoms with Crippen LogP contribution in [0, 0.1) is 20.8 Å². The summed E-state index contributed by atoms with van der Waals surface area (Å²) < 4.78 is 10.7. The van der Waals surface area contributed by atoms with Crippen LogP contribution >= 0.6 is 0 Å². The number of hydrogen-bond acceptors (Lipinski definition) is 4. The van der Waals surface area contributed by atoms with Gasteiger partial charge in [0.25, 0.3) is 0 Å². The van der Waals surface area contributed by atoms with Crippen LogP contribution in [0.2, 0.25) is 0 Å².